The van der Waals surface area contributed by atoms with Crippen LogP contribution in [0.5, 0.6) is 0 Å². The first-order valence-electron chi connectivity index (χ1n) is 10.6. The van der Waals surface area contributed by atoms with E-state index in [0.29, 0.717) is 32.0 Å². The maximum Gasteiger partial charge on any atom is 0.410 e. The van der Waals surface area contributed by atoms with Gasteiger partial charge in [0, 0.05) is 51.7 Å². The normalized spacial score (nSPS) is 23.0. The van der Waals surface area contributed by atoms with Crippen molar-refractivity contribution in [2.24, 2.45) is 5.92 Å². The molecule has 0 aromatic carbocycles. The molecule has 0 radical (unpaired) electrons. The van der Waals surface area contributed by atoms with Gasteiger partial charge in [-0.2, -0.15) is 0 Å². The van der Waals surface area contributed by atoms with Crippen LogP contribution in [0.1, 0.15) is 58.1 Å². The molecule has 2 atom stereocenters. The van der Waals surface area contributed by atoms with Crippen molar-refractivity contribution in [3.8, 4) is 0 Å². The molecule has 7 nitrogen and oxygen atoms in total. The minimum Gasteiger partial charge on any atom is -0.444 e. The molecule has 2 fully saturated rings. The van der Waals surface area contributed by atoms with Crippen molar-refractivity contribution in [1.82, 2.24) is 14.8 Å². The number of rotatable bonds is 4. The summed E-state index contributed by atoms with van der Waals surface area (Å²) in [5.74, 6) is 0.598. The highest BCUT2D eigenvalue weighted by atomic mass is 16.6. The lowest BCUT2D eigenvalue weighted by Crippen LogP contribution is -2.53. The van der Waals surface area contributed by atoms with Crippen molar-refractivity contribution in [3.63, 3.8) is 0 Å². The fourth-order valence-corrected chi connectivity index (χ4v) is 3.94. The molecule has 2 amide bonds. The molecule has 3 rings (SSSR count). The van der Waals surface area contributed by atoms with Gasteiger partial charge in [0.25, 0.3) is 0 Å². The van der Waals surface area contributed by atoms with Crippen LogP contribution in [0, 0.1) is 5.92 Å². The van der Waals surface area contributed by atoms with Crippen molar-refractivity contribution in [1.29, 1.82) is 0 Å². The number of carbonyl (C=O) groups excluding carboxylic acids is 2. The van der Waals surface area contributed by atoms with E-state index in [2.05, 4.69) is 4.98 Å². The van der Waals surface area contributed by atoms with Crippen LogP contribution in [0.15, 0.2) is 24.5 Å². The molecule has 0 unspecified atom stereocenters. The number of carbonyl (C=O) groups is 2. The van der Waals surface area contributed by atoms with Gasteiger partial charge in [-0.3, -0.25) is 9.78 Å². The van der Waals surface area contributed by atoms with Gasteiger partial charge < -0.3 is 19.3 Å². The predicted molar refractivity (Wildman–Crippen MR) is 109 cm³/mol. The lowest BCUT2D eigenvalue weighted by atomic mass is 9.96. The molecule has 7 heteroatoms. The van der Waals surface area contributed by atoms with E-state index in [-0.39, 0.29) is 18.0 Å². The smallest absolute Gasteiger partial charge is 0.410 e. The summed E-state index contributed by atoms with van der Waals surface area (Å²) in [5.41, 5.74) is 0.394. The highest BCUT2D eigenvalue weighted by molar-refractivity contribution is 5.77. The number of hydrogen-bond acceptors (Lipinski definition) is 5. The van der Waals surface area contributed by atoms with Crippen molar-refractivity contribution < 1.29 is 19.1 Å². The molecule has 3 heterocycles. The van der Waals surface area contributed by atoms with Gasteiger partial charge >= 0.3 is 6.09 Å². The van der Waals surface area contributed by atoms with Gasteiger partial charge in [0.15, 0.2) is 0 Å². The Morgan fingerprint density at radius 2 is 2.14 bits per heavy atom. The number of pyridine rings is 1. The Balaban J connectivity index is 1.67. The Morgan fingerprint density at radius 3 is 2.79 bits per heavy atom. The Kier molecular flexibility index (Phi) is 7.11. The second-order valence-corrected chi connectivity index (χ2v) is 8.94. The Morgan fingerprint density at radius 1 is 1.31 bits per heavy atom. The van der Waals surface area contributed by atoms with Gasteiger partial charge in [-0.1, -0.05) is 6.07 Å². The first kappa shape index (κ1) is 21.6. The van der Waals surface area contributed by atoms with Gasteiger partial charge in [0.05, 0.1) is 6.04 Å². The minimum absolute atomic E-state index is 0.133. The van der Waals surface area contributed by atoms with E-state index in [1.807, 2.05) is 37.8 Å². The zero-order valence-corrected chi connectivity index (χ0v) is 17.8. The molecule has 160 valence electrons. The predicted octanol–water partition coefficient (Wildman–Crippen LogP) is 3.41. The van der Waals surface area contributed by atoms with E-state index < -0.39 is 5.60 Å². The topological polar surface area (TPSA) is 72.0 Å². The Bertz CT molecular complexity index is 683. The van der Waals surface area contributed by atoms with Gasteiger partial charge in [0.2, 0.25) is 5.91 Å². The van der Waals surface area contributed by atoms with E-state index in [0.717, 1.165) is 38.0 Å². The molecule has 0 saturated carbocycles. The summed E-state index contributed by atoms with van der Waals surface area (Å²) in [7, 11) is 0. The lowest BCUT2D eigenvalue weighted by Gasteiger charge is -2.42. The van der Waals surface area contributed by atoms with Crippen LogP contribution in [0.3, 0.4) is 0 Å². The monoisotopic (exact) mass is 403 g/mol. The summed E-state index contributed by atoms with van der Waals surface area (Å²) in [5, 5.41) is 0. The summed E-state index contributed by atoms with van der Waals surface area (Å²) in [4.78, 5) is 33.4. The third kappa shape index (κ3) is 6.16. The molecule has 1 aromatic rings. The van der Waals surface area contributed by atoms with Gasteiger partial charge in [-0.25, -0.2) is 4.79 Å². The Hall–Kier alpha value is -2.15. The SMILES string of the molecule is CC(C)(C)OC(=O)N1CCN(C(=O)CC[C@@H]2CCCOC2)[C@@H](c2cccnc2)C1. The molecule has 2 aliphatic rings. The van der Waals surface area contributed by atoms with Gasteiger partial charge in [-0.05, 0) is 57.6 Å². The van der Waals surface area contributed by atoms with Crippen LogP contribution in [-0.4, -0.2) is 65.2 Å². The first-order valence-corrected chi connectivity index (χ1v) is 10.6. The average Bonchev–Trinajstić information content (AvgIpc) is 2.72. The minimum atomic E-state index is -0.546. The maximum atomic E-state index is 13.1. The third-order valence-electron chi connectivity index (χ3n) is 5.44. The van der Waals surface area contributed by atoms with Crippen molar-refractivity contribution in [2.45, 2.75) is 58.1 Å². The summed E-state index contributed by atoms with van der Waals surface area (Å²) in [6.07, 6.45) is 6.73. The van der Waals surface area contributed by atoms with E-state index >= 15 is 0 Å². The van der Waals surface area contributed by atoms with Crippen molar-refractivity contribution >= 4 is 12.0 Å². The van der Waals surface area contributed by atoms with Crippen molar-refractivity contribution in [3.05, 3.63) is 30.1 Å². The fraction of sp³-hybridized carbons (Fsp3) is 0.682. The second kappa shape index (κ2) is 9.57. The summed E-state index contributed by atoms with van der Waals surface area (Å²) >= 11 is 0. The molecule has 0 aliphatic carbocycles. The number of piperazine rings is 1. The molecular formula is C22H33N3O4. The molecule has 1 aromatic heterocycles. The summed E-state index contributed by atoms with van der Waals surface area (Å²) < 4.78 is 11.1. The number of hydrogen-bond donors (Lipinski definition) is 0. The average molecular weight is 404 g/mol. The van der Waals surface area contributed by atoms with Crippen LogP contribution >= 0.6 is 0 Å². The van der Waals surface area contributed by atoms with E-state index in [1.165, 1.54) is 0 Å². The first-order chi connectivity index (χ1) is 13.8. The third-order valence-corrected chi connectivity index (χ3v) is 5.44. The Labute approximate surface area is 173 Å². The number of aromatic nitrogens is 1. The van der Waals surface area contributed by atoms with Gasteiger partial charge in [0.1, 0.15) is 5.60 Å². The molecular weight excluding hydrogens is 370 g/mol. The second-order valence-electron chi connectivity index (χ2n) is 8.94. The number of ether oxygens (including phenoxy) is 2. The maximum absolute atomic E-state index is 13.1. The highest BCUT2D eigenvalue weighted by Crippen LogP contribution is 2.28. The standard InChI is InChI=1S/C22H33N3O4/c1-22(2,3)29-21(27)24-11-12-25(19(15-24)18-7-4-10-23-14-18)20(26)9-8-17-6-5-13-28-16-17/h4,7,10,14,17,19H,5-6,8-9,11-13,15-16H2,1-3H3/t17-,19+/m0/s1. The van der Waals surface area contributed by atoms with Crippen molar-refractivity contribution in [2.75, 3.05) is 32.8 Å². The van der Waals surface area contributed by atoms with E-state index in [9.17, 15) is 9.59 Å². The molecule has 0 spiro atoms. The molecule has 0 N–H and O–H groups in total. The van der Waals surface area contributed by atoms with E-state index in [4.69, 9.17) is 9.47 Å². The quantitative estimate of drug-likeness (QED) is 0.770. The molecule has 2 saturated heterocycles. The van der Waals surface area contributed by atoms with Crippen LogP contribution in [0.2, 0.25) is 0 Å². The molecule has 29 heavy (non-hydrogen) atoms. The van der Waals surface area contributed by atoms with Gasteiger partial charge in [-0.15, -0.1) is 0 Å². The van der Waals surface area contributed by atoms with Crippen LogP contribution in [0.25, 0.3) is 0 Å². The summed E-state index contributed by atoms with van der Waals surface area (Å²) in [6, 6.07) is 3.62. The highest BCUT2D eigenvalue weighted by Gasteiger charge is 2.35. The fourth-order valence-electron chi connectivity index (χ4n) is 3.94. The number of amides is 2. The lowest BCUT2D eigenvalue weighted by molar-refractivity contribution is -0.137. The van der Waals surface area contributed by atoms with Crippen LogP contribution in [0.4, 0.5) is 4.79 Å². The van der Waals surface area contributed by atoms with Crippen LogP contribution in [-0.2, 0) is 14.3 Å². The van der Waals surface area contributed by atoms with E-state index in [1.54, 1.807) is 17.3 Å². The van der Waals surface area contributed by atoms with Crippen LogP contribution < -0.4 is 0 Å². The zero-order valence-electron chi connectivity index (χ0n) is 17.8. The molecule has 0 bridgehead atoms. The number of nitrogens with zero attached hydrogens (tertiary/aromatic N) is 3. The zero-order chi connectivity index (χ0) is 20.9. The molecule has 2 aliphatic heterocycles. The largest absolute Gasteiger partial charge is 0.444 e. The summed E-state index contributed by atoms with van der Waals surface area (Å²) in [6.45, 7) is 8.56.